The van der Waals surface area contributed by atoms with Crippen molar-refractivity contribution in [2.24, 2.45) is 0 Å². The zero-order valence-electron chi connectivity index (χ0n) is 15.7. The highest BCUT2D eigenvalue weighted by atomic mass is 19.3. The number of benzene rings is 1. The molecule has 0 aromatic heterocycles. The van der Waals surface area contributed by atoms with E-state index in [0.29, 0.717) is 12.8 Å². The number of methoxy groups -OCH3 is 1. The fourth-order valence-corrected chi connectivity index (χ4v) is 3.08. The van der Waals surface area contributed by atoms with Crippen molar-refractivity contribution in [2.75, 3.05) is 7.11 Å². The first-order chi connectivity index (χ1) is 13.3. The third kappa shape index (κ3) is 5.09. The molecule has 0 saturated heterocycles. The first-order valence-electron chi connectivity index (χ1n) is 8.88. The van der Waals surface area contributed by atoms with Crippen LogP contribution in [0.2, 0.25) is 0 Å². The van der Waals surface area contributed by atoms with Crippen LogP contribution in [0.3, 0.4) is 0 Å². The predicted molar refractivity (Wildman–Crippen MR) is 94.1 cm³/mol. The third-order valence-electron chi connectivity index (χ3n) is 4.56. The maximum absolute atomic E-state index is 12.7. The van der Waals surface area contributed by atoms with Crippen molar-refractivity contribution in [3.8, 4) is 17.6 Å². The molecule has 1 aromatic carbocycles. The van der Waals surface area contributed by atoms with E-state index in [-0.39, 0.29) is 11.3 Å². The van der Waals surface area contributed by atoms with Gasteiger partial charge in [-0.1, -0.05) is 25.3 Å². The molecule has 1 aliphatic carbocycles. The van der Waals surface area contributed by atoms with Crippen LogP contribution < -0.4 is 14.8 Å². The number of nitrogens with one attached hydrogen (secondary N) is 1. The molecule has 0 radical (unpaired) electrons. The summed E-state index contributed by atoms with van der Waals surface area (Å²) in [5, 5.41) is 12.1. The number of carbonyl (C=O) groups excluding carboxylic acids is 2. The van der Waals surface area contributed by atoms with Crippen molar-refractivity contribution in [1.29, 1.82) is 5.26 Å². The quantitative estimate of drug-likeness (QED) is 0.711. The molecule has 1 unspecified atom stereocenters. The van der Waals surface area contributed by atoms with Crippen LogP contribution in [-0.2, 0) is 9.53 Å². The molecule has 9 heteroatoms. The van der Waals surface area contributed by atoms with Gasteiger partial charge in [-0.05, 0) is 31.9 Å². The lowest BCUT2D eigenvalue weighted by atomic mass is 9.83. The Hall–Kier alpha value is -2.89. The number of nitriles is 1. The Balaban J connectivity index is 2.11. The monoisotopic (exact) mass is 396 g/mol. The zero-order chi connectivity index (χ0) is 20.7. The van der Waals surface area contributed by atoms with Gasteiger partial charge in [-0.3, -0.25) is 4.79 Å². The van der Waals surface area contributed by atoms with Crippen LogP contribution in [0.25, 0.3) is 0 Å². The lowest BCUT2D eigenvalue weighted by Crippen LogP contribution is -2.52. The summed E-state index contributed by atoms with van der Waals surface area (Å²) in [6, 6.07) is 6.13. The zero-order valence-corrected chi connectivity index (χ0v) is 15.7. The van der Waals surface area contributed by atoms with E-state index in [9.17, 15) is 23.6 Å². The van der Waals surface area contributed by atoms with Crippen LogP contribution in [0.5, 0.6) is 11.5 Å². The van der Waals surface area contributed by atoms with Crippen molar-refractivity contribution < 1.29 is 32.6 Å². The highest BCUT2D eigenvalue weighted by Crippen LogP contribution is 2.33. The molecule has 1 atom stereocenters. The van der Waals surface area contributed by atoms with Gasteiger partial charge in [0.1, 0.15) is 11.1 Å². The van der Waals surface area contributed by atoms with Gasteiger partial charge in [0.2, 0.25) is 0 Å². The molecule has 28 heavy (non-hydrogen) atoms. The normalized spacial score (nSPS) is 16.6. The lowest BCUT2D eigenvalue weighted by Gasteiger charge is -2.32. The maximum Gasteiger partial charge on any atom is 0.387 e. The minimum absolute atomic E-state index is 0.0718. The summed E-state index contributed by atoms with van der Waals surface area (Å²) in [6.07, 6.45) is 2.45. The van der Waals surface area contributed by atoms with E-state index in [4.69, 9.17) is 9.47 Å². The highest BCUT2D eigenvalue weighted by molar-refractivity contribution is 5.95. The molecular formula is C19H22F2N2O5. The topological polar surface area (TPSA) is 97.6 Å². The number of carbonyl (C=O) groups is 2. The second kappa shape index (κ2) is 9.35. The number of alkyl halides is 2. The number of ether oxygens (including phenoxy) is 3. The molecule has 7 nitrogen and oxygen atoms in total. The number of hydrogen-bond acceptors (Lipinski definition) is 6. The lowest BCUT2D eigenvalue weighted by molar-refractivity contribution is -0.130. The Morgan fingerprint density at radius 3 is 2.50 bits per heavy atom. The summed E-state index contributed by atoms with van der Waals surface area (Å²) in [5.41, 5.74) is -1.28. The second-order valence-electron chi connectivity index (χ2n) is 6.51. The Morgan fingerprint density at radius 1 is 1.25 bits per heavy atom. The Kier molecular flexibility index (Phi) is 7.15. The summed E-state index contributed by atoms with van der Waals surface area (Å²) in [7, 11) is 1.24. The molecule has 1 fully saturated rings. The van der Waals surface area contributed by atoms with Crippen LogP contribution in [0.4, 0.5) is 8.78 Å². The standard InChI is InChI=1S/C19H22F2N2O5/c1-12(16(24)23-19(11-22)9-4-3-5-10-19)27-17(25)13-7-6-8-14(26-2)15(13)28-18(20)21/h6-8,12,18H,3-5,9-10H2,1-2H3,(H,23,24). The van der Waals surface area contributed by atoms with Crippen LogP contribution in [0, 0.1) is 11.3 Å². The Morgan fingerprint density at radius 2 is 1.93 bits per heavy atom. The molecule has 0 aliphatic heterocycles. The summed E-state index contributed by atoms with van der Waals surface area (Å²) >= 11 is 0. The first kappa shape index (κ1) is 21.4. The number of rotatable bonds is 7. The molecule has 1 aliphatic rings. The minimum atomic E-state index is -3.18. The summed E-state index contributed by atoms with van der Waals surface area (Å²) < 4.78 is 39.8. The summed E-state index contributed by atoms with van der Waals surface area (Å²) in [6.45, 7) is -1.83. The molecule has 152 valence electrons. The van der Waals surface area contributed by atoms with Crippen molar-refractivity contribution in [1.82, 2.24) is 5.32 Å². The smallest absolute Gasteiger partial charge is 0.387 e. The van der Waals surface area contributed by atoms with Crippen LogP contribution in [0.1, 0.15) is 49.4 Å². The molecule has 2 rings (SSSR count). The predicted octanol–water partition coefficient (Wildman–Crippen LogP) is 3.18. The third-order valence-corrected chi connectivity index (χ3v) is 4.56. The van der Waals surface area contributed by atoms with E-state index in [2.05, 4.69) is 16.1 Å². The van der Waals surface area contributed by atoms with Crippen molar-refractivity contribution in [3.05, 3.63) is 23.8 Å². The largest absolute Gasteiger partial charge is 0.493 e. The summed E-state index contributed by atoms with van der Waals surface area (Å²) in [5.74, 6) is -2.20. The van der Waals surface area contributed by atoms with Gasteiger partial charge >= 0.3 is 12.6 Å². The summed E-state index contributed by atoms with van der Waals surface area (Å²) in [4.78, 5) is 24.8. The van der Waals surface area contributed by atoms with Crippen molar-refractivity contribution in [3.63, 3.8) is 0 Å². The molecule has 1 aromatic rings. The molecule has 0 heterocycles. The first-order valence-corrected chi connectivity index (χ1v) is 8.88. The van der Waals surface area contributed by atoms with Gasteiger partial charge in [-0.15, -0.1) is 0 Å². The molecule has 1 saturated carbocycles. The van der Waals surface area contributed by atoms with E-state index in [1.165, 1.54) is 32.2 Å². The SMILES string of the molecule is COc1cccc(C(=O)OC(C)C(=O)NC2(C#N)CCCCC2)c1OC(F)F. The highest BCUT2D eigenvalue weighted by Gasteiger charge is 2.35. The van der Waals surface area contributed by atoms with E-state index >= 15 is 0 Å². The van der Waals surface area contributed by atoms with Gasteiger partial charge < -0.3 is 19.5 Å². The number of para-hydroxylation sites is 1. The molecule has 0 spiro atoms. The second-order valence-corrected chi connectivity index (χ2v) is 6.51. The minimum Gasteiger partial charge on any atom is -0.493 e. The molecule has 0 bridgehead atoms. The molecule has 1 amide bonds. The van der Waals surface area contributed by atoms with Crippen LogP contribution in [0.15, 0.2) is 18.2 Å². The van der Waals surface area contributed by atoms with E-state index < -0.39 is 35.9 Å². The fourth-order valence-electron chi connectivity index (χ4n) is 3.08. The van der Waals surface area contributed by atoms with E-state index in [1.54, 1.807) is 0 Å². The number of halogens is 2. The average Bonchev–Trinajstić information content (AvgIpc) is 2.68. The molecular weight excluding hydrogens is 374 g/mol. The maximum atomic E-state index is 12.7. The van der Waals surface area contributed by atoms with Gasteiger partial charge in [0.05, 0.1) is 13.2 Å². The number of esters is 1. The number of hydrogen-bond donors (Lipinski definition) is 1. The van der Waals surface area contributed by atoms with Crippen molar-refractivity contribution in [2.45, 2.75) is 57.3 Å². The average molecular weight is 396 g/mol. The van der Waals surface area contributed by atoms with E-state index in [0.717, 1.165) is 19.3 Å². The van der Waals surface area contributed by atoms with Gasteiger partial charge in [0.15, 0.2) is 17.6 Å². The van der Waals surface area contributed by atoms with Gasteiger partial charge in [0.25, 0.3) is 5.91 Å². The van der Waals surface area contributed by atoms with E-state index in [1.807, 2.05) is 0 Å². The molecule has 1 N–H and O–H groups in total. The van der Waals surface area contributed by atoms with Gasteiger partial charge in [-0.2, -0.15) is 14.0 Å². The van der Waals surface area contributed by atoms with Gasteiger partial charge in [0, 0.05) is 0 Å². The van der Waals surface area contributed by atoms with Crippen LogP contribution in [-0.4, -0.2) is 37.2 Å². The van der Waals surface area contributed by atoms with Crippen molar-refractivity contribution >= 4 is 11.9 Å². The van der Waals surface area contributed by atoms with Crippen LogP contribution >= 0.6 is 0 Å². The number of nitrogens with zero attached hydrogens (tertiary/aromatic N) is 1. The Bertz CT molecular complexity index is 757. The number of amides is 1. The fraction of sp³-hybridized carbons (Fsp3) is 0.526. The Labute approximate surface area is 161 Å². The van der Waals surface area contributed by atoms with Gasteiger partial charge in [-0.25, -0.2) is 4.79 Å².